The van der Waals surface area contributed by atoms with Gasteiger partial charge in [-0.05, 0) is 55.7 Å². The molecule has 2 aromatic carbocycles. The van der Waals surface area contributed by atoms with Gasteiger partial charge in [-0.3, -0.25) is 4.79 Å². The van der Waals surface area contributed by atoms with Crippen molar-refractivity contribution >= 4 is 5.91 Å². The van der Waals surface area contributed by atoms with Gasteiger partial charge in [0.1, 0.15) is 11.5 Å². The standard InChI is InChI=1S/C19H21NO3/c21-19(20-13-12-16-7-4-14-22-16)15-8-10-18(11-9-15)23-17-5-2-1-3-6-17/h1-3,5-6,8-11,16H,4,7,12-14H2,(H,20,21)/t16-/m1/s1. The Morgan fingerprint density at radius 3 is 2.52 bits per heavy atom. The van der Waals surface area contributed by atoms with Crippen LogP contribution in [0.3, 0.4) is 0 Å². The van der Waals surface area contributed by atoms with Gasteiger partial charge in [0.05, 0.1) is 6.10 Å². The normalized spacial score (nSPS) is 17.0. The first-order chi connectivity index (χ1) is 11.3. The minimum absolute atomic E-state index is 0.0609. The van der Waals surface area contributed by atoms with Gasteiger partial charge in [-0.15, -0.1) is 0 Å². The molecule has 4 heteroatoms. The Bertz CT molecular complexity index is 619. The molecule has 0 bridgehead atoms. The topological polar surface area (TPSA) is 47.6 Å². The van der Waals surface area contributed by atoms with Crippen molar-refractivity contribution in [3.63, 3.8) is 0 Å². The maximum absolute atomic E-state index is 12.1. The summed E-state index contributed by atoms with van der Waals surface area (Å²) in [5.74, 6) is 1.43. The zero-order chi connectivity index (χ0) is 15.9. The Morgan fingerprint density at radius 1 is 1.09 bits per heavy atom. The van der Waals surface area contributed by atoms with Crippen LogP contribution in [0, 0.1) is 0 Å². The molecule has 1 atom stereocenters. The van der Waals surface area contributed by atoms with Gasteiger partial charge in [-0.1, -0.05) is 18.2 Å². The fraction of sp³-hybridized carbons (Fsp3) is 0.316. The van der Waals surface area contributed by atoms with E-state index in [1.807, 2.05) is 42.5 Å². The molecule has 4 nitrogen and oxygen atoms in total. The van der Waals surface area contributed by atoms with Crippen LogP contribution in [0.4, 0.5) is 0 Å². The summed E-state index contributed by atoms with van der Waals surface area (Å²) in [6.07, 6.45) is 3.40. The number of rotatable bonds is 6. The van der Waals surface area contributed by atoms with Crippen molar-refractivity contribution in [1.29, 1.82) is 0 Å². The summed E-state index contributed by atoms with van der Waals surface area (Å²) >= 11 is 0. The predicted octanol–water partition coefficient (Wildman–Crippen LogP) is 3.78. The fourth-order valence-corrected chi connectivity index (χ4v) is 2.62. The second-order valence-electron chi connectivity index (χ2n) is 5.62. The summed E-state index contributed by atoms with van der Waals surface area (Å²) in [7, 11) is 0. The molecule has 1 aliphatic rings. The number of benzene rings is 2. The average molecular weight is 311 g/mol. The monoisotopic (exact) mass is 311 g/mol. The minimum atomic E-state index is -0.0609. The van der Waals surface area contributed by atoms with Crippen LogP contribution >= 0.6 is 0 Å². The molecule has 0 aromatic heterocycles. The van der Waals surface area contributed by atoms with E-state index in [0.717, 1.165) is 31.6 Å². The lowest BCUT2D eigenvalue weighted by molar-refractivity contribution is 0.0907. The molecule has 0 radical (unpaired) electrons. The summed E-state index contributed by atoms with van der Waals surface area (Å²) in [6.45, 7) is 1.49. The van der Waals surface area contributed by atoms with E-state index < -0.39 is 0 Å². The number of para-hydroxylation sites is 1. The van der Waals surface area contributed by atoms with E-state index in [-0.39, 0.29) is 5.91 Å². The Kier molecular flexibility index (Phi) is 5.27. The van der Waals surface area contributed by atoms with E-state index in [0.29, 0.717) is 24.0 Å². The van der Waals surface area contributed by atoms with Crippen molar-refractivity contribution in [1.82, 2.24) is 5.32 Å². The summed E-state index contributed by atoms with van der Waals surface area (Å²) in [4.78, 5) is 12.1. The first-order valence-electron chi connectivity index (χ1n) is 8.04. The summed E-state index contributed by atoms with van der Waals surface area (Å²) in [6, 6.07) is 16.7. The molecule has 1 aliphatic heterocycles. The van der Waals surface area contributed by atoms with E-state index in [1.165, 1.54) is 0 Å². The van der Waals surface area contributed by atoms with Crippen LogP contribution in [0.1, 0.15) is 29.6 Å². The molecule has 1 N–H and O–H groups in total. The number of hydrogen-bond donors (Lipinski definition) is 1. The fourth-order valence-electron chi connectivity index (χ4n) is 2.62. The van der Waals surface area contributed by atoms with Gasteiger partial charge < -0.3 is 14.8 Å². The molecule has 1 fully saturated rings. The van der Waals surface area contributed by atoms with Gasteiger partial charge in [-0.2, -0.15) is 0 Å². The Hall–Kier alpha value is -2.33. The van der Waals surface area contributed by atoms with Crippen molar-refractivity contribution in [2.45, 2.75) is 25.4 Å². The lowest BCUT2D eigenvalue weighted by Gasteiger charge is -2.10. The third kappa shape index (κ3) is 4.57. The highest BCUT2D eigenvalue weighted by Gasteiger charge is 2.15. The Labute approximate surface area is 136 Å². The average Bonchev–Trinajstić information content (AvgIpc) is 3.10. The highest BCUT2D eigenvalue weighted by Crippen LogP contribution is 2.21. The van der Waals surface area contributed by atoms with Crippen LogP contribution in [0.25, 0.3) is 0 Å². The molecule has 23 heavy (non-hydrogen) atoms. The molecule has 3 rings (SSSR count). The SMILES string of the molecule is O=C(NCC[C@H]1CCCO1)c1ccc(Oc2ccccc2)cc1. The molecule has 0 aliphatic carbocycles. The number of hydrogen-bond acceptors (Lipinski definition) is 3. The van der Waals surface area contributed by atoms with Crippen LogP contribution in [-0.2, 0) is 4.74 Å². The number of carbonyl (C=O) groups excluding carboxylic acids is 1. The number of ether oxygens (including phenoxy) is 2. The second-order valence-corrected chi connectivity index (χ2v) is 5.62. The van der Waals surface area contributed by atoms with Gasteiger partial charge in [-0.25, -0.2) is 0 Å². The maximum Gasteiger partial charge on any atom is 0.251 e. The van der Waals surface area contributed by atoms with Crippen molar-refractivity contribution < 1.29 is 14.3 Å². The third-order valence-corrected chi connectivity index (χ3v) is 3.87. The van der Waals surface area contributed by atoms with E-state index >= 15 is 0 Å². The van der Waals surface area contributed by atoms with Crippen LogP contribution in [0.5, 0.6) is 11.5 Å². The first kappa shape index (κ1) is 15.6. The molecular weight excluding hydrogens is 290 g/mol. The predicted molar refractivity (Wildman–Crippen MR) is 88.9 cm³/mol. The van der Waals surface area contributed by atoms with Crippen LogP contribution in [0.2, 0.25) is 0 Å². The number of carbonyl (C=O) groups is 1. The highest BCUT2D eigenvalue weighted by atomic mass is 16.5. The van der Waals surface area contributed by atoms with E-state index in [4.69, 9.17) is 9.47 Å². The van der Waals surface area contributed by atoms with E-state index in [1.54, 1.807) is 12.1 Å². The molecule has 0 spiro atoms. The van der Waals surface area contributed by atoms with E-state index in [9.17, 15) is 4.79 Å². The smallest absolute Gasteiger partial charge is 0.251 e. The molecule has 0 saturated carbocycles. The molecule has 120 valence electrons. The molecular formula is C19H21NO3. The van der Waals surface area contributed by atoms with Gasteiger partial charge in [0.2, 0.25) is 0 Å². The van der Waals surface area contributed by atoms with Crippen molar-refractivity contribution in [3.05, 3.63) is 60.2 Å². The quantitative estimate of drug-likeness (QED) is 0.883. The van der Waals surface area contributed by atoms with Crippen molar-refractivity contribution in [2.24, 2.45) is 0 Å². The zero-order valence-electron chi connectivity index (χ0n) is 13.0. The summed E-state index contributed by atoms with van der Waals surface area (Å²) in [5.41, 5.74) is 0.637. The maximum atomic E-state index is 12.1. The zero-order valence-corrected chi connectivity index (χ0v) is 13.0. The highest BCUT2D eigenvalue weighted by molar-refractivity contribution is 5.94. The molecule has 1 heterocycles. The summed E-state index contributed by atoms with van der Waals surface area (Å²) < 4.78 is 11.3. The van der Waals surface area contributed by atoms with Gasteiger partial charge in [0, 0.05) is 18.7 Å². The number of amides is 1. The van der Waals surface area contributed by atoms with Gasteiger partial charge >= 0.3 is 0 Å². The van der Waals surface area contributed by atoms with Crippen molar-refractivity contribution in [3.8, 4) is 11.5 Å². The van der Waals surface area contributed by atoms with Crippen LogP contribution < -0.4 is 10.1 Å². The molecule has 0 unspecified atom stereocenters. The largest absolute Gasteiger partial charge is 0.457 e. The lowest BCUT2D eigenvalue weighted by Crippen LogP contribution is -2.26. The molecule has 2 aromatic rings. The third-order valence-electron chi connectivity index (χ3n) is 3.87. The number of nitrogens with one attached hydrogen (secondary N) is 1. The van der Waals surface area contributed by atoms with Gasteiger partial charge in [0.15, 0.2) is 0 Å². The van der Waals surface area contributed by atoms with E-state index in [2.05, 4.69) is 5.32 Å². The van der Waals surface area contributed by atoms with Crippen molar-refractivity contribution in [2.75, 3.05) is 13.2 Å². The molecule has 1 amide bonds. The Balaban J connectivity index is 1.49. The minimum Gasteiger partial charge on any atom is -0.457 e. The van der Waals surface area contributed by atoms with Crippen LogP contribution in [0.15, 0.2) is 54.6 Å². The first-order valence-corrected chi connectivity index (χ1v) is 8.04. The van der Waals surface area contributed by atoms with Crippen LogP contribution in [-0.4, -0.2) is 25.2 Å². The van der Waals surface area contributed by atoms with Gasteiger partial charge in [0.25, 0.3) is 5.91 Å². The Morgan fingerprint density at radius 2 is 1.83 bits per heavy atom. The summed E-state index contributed by atoms with van der Waals surface area (Å²) in [5, 5.41) is 2.94. The second kappa shape index (κ2) is 7.79. The lowest BCUT2D eigenvalue weighted by atomic mass is 10.1. The molecule has 1 saturated heterocycles.